The standard InChI is InChI=1S/C9H10N2O/c12-5-7-2-1-3-9-8(7)4-10-6-11-9/h1-3,5,10-11H,4,6H2. The highest BCUT2D eigenvalue weighted by atomic mass is 16.1. The molecule has 62 valence electrons. The van der Waals surface area contributed by atoms with Crippen LogP contribution in [0.4, 0.5) is 5.69 Å². The molecule has 0 fully saturated rings. The van der Waals surface area contributed by atoms with Crippen LogP contribution >= 0.6 is 0 Å². The first-order valence-electron chi connectivity index (χ1n) is 3.93. The molecule has 1 heterocycles. The predicted octanol–water partition coefficient (Wildman–Crippen LogP) is 0.972. The zero-order valence-corrected chi connectivity index (χ0v) is 6.63. The molecule has 0 bridgehead atoms. The van der Waals surface area contributed by atoms with Crippen molar-refractivity contribution in [1.29, 1.82) is 0 Å². The van der Waals surface area contributed by atoms with E-state index in [1.807, 2.05) is 18.2 Å². The molecule has 0 saturated heterocycles. The summed E-state index contributed by atoms with van der Waals surface area (Å²) in [5.41, 5.74) is 2.91. The molecule has 12 heavy (non-hydrogen) atoms. The van der Waals surface area contributed by atoms with Gasteiger partial charge < -0.3 is 5.32 Å². The monoisotopic (exact) mass is 162 g/mol. The van der Waals surface area contributed by atoms with Crippen molar-refractivity contribution in [3.8, 4) is 0 Å². The second-order valence-corrected chi connectivity index (χ2v) is 2.77. The van der Waals surface area contributed by atoms with Crippen LogP contribution in [0.3, 0.4) is 0 Å². The van der Waals surface area contributed by atoms with Crippen LogP contribution in [-0.2, 0) is 6.54 Å². The Morgan fingerprint density at radius 1 is 1.42 bits per heavy atom. The molecule has 1 aromatic carbocycles. The smallest absolute Gasteiger partial charge is 0.150 e. The molecule has 3 heteroatoms. The van der Waals surface area contributed by atoms with E-state index in [0.29, 0.717) is 0 Å². The zero-order valence-electron chi connectivity index (χ0n) is 6.63. The van der Waals surface area contributed by atoms with E-state index in [9.17, 15) is 4.79 Å². The third kappa shape index (κ3) is 1.08. The largest absolute Gasteiger partial charge is 0.372 e. The van der Waals surface area contributed by atoms with Gasteiger partial charge in [0.25, 0.3) is 0 Å². The first kappa shape index (κ1) is 7.31. The zero-order chi connectivity index (χ0) is 8.39. The number of hydrogen-bond acceptors (Lipinski definition) is 3. The van der Waals surface area contributed by atoms with Crippen molar-refractivity contribution >= 4 is 12.0 Å². The van der Waals surface area contributed by atoms with Gasteiger partial charge in [0.15, 0.2) is 0 Å². The van der Waals surface area contributed by atoms with Crippen molar-refractivity contribution in [2.45, 2.75) is 6.54 Å². The lowest BCUT2D eigenvalue weighted by Crippen LogP contribution is -2.28. The van der Waals surface area contributed by atoms with Crippen molar-refractivity contribution in [3.63, 3.8) is 0 Å². The Morgan fingerprint density at radius 2 is 2.33 bits per heavy atom. The maximum atomic E-state index is 10.6. The summed E-state index contributed by atoms with van der Waals surface area (Å²) in [5.74, 6) is 0. The molecule has 0 radical (unpaired) electrons. The maximum absolute atomic E-state index is 10.6. The third-order valence-corrected chi connectivity index (χ3v) is 2.04. The van der Waals surface area contributed by atoms with Gasteiger partial charge in [0.2, 0.25) is 0 Å². The topological polar surface area (TPSA) is 41.1 Å². The van der Waals surface area contributed by atoms with Gasteiger partial charge in [-0.3, -0.25) is 10.1 Å². The van der Waals surface area contributed by atoms with E-state index in [4.69, 9.17) is 0 Å². The number of benzene rings is 1. The molecule has 0 amide bonds. The lowest BCUT2D eigenvalue weighted by Gasteiger charge is -2.19. The Labute approximate surface area is 70.8 Å². The number of hydrogen-bond donors (Lipinski definition) is 2. The molecule has 1 aliphatic rings. The number of carbonyl (C=O) groups is 1. The van der Waals surface area contributed by atoms with E-state index in [1.54, 1.807) is 0 Å². The number of carbonyl (C=O) groups excluding carboxylic acids is 1. The van der Waals surface area contributed by atoms with E-state index in [1.165, 1.54) is 0 Å². The highest BCUT2D eigenvalue weighted by Gasteiger charge is 2.10. The second kappa shape index (κ2) is 2.95. The van der Waals surface area contributed by atoms with Gasteiger partial charge in [0.05, 0.1) is 6.67 Å². The van der Waals surface area contributed by atoms with Crippen LogP contribution < -0.4 is 10.6 Å². The summed E-state index contributed by atoms with van der Waals surface area (Å²) in [4.78, 5) is 10.6. The van der Waals surface area contributed by atoms with Gasteiger partial charge in [-0.1, -0.05) is 12.1 Å². The van der Waals surface area contributed by atoms with Gasteiger partial charge in [0, 0.05) is 17.8 Å². The van der Waals surface area contributed by atoms with Crippen LogP contribution in [0.2, 0.25) is 0 Å². The lowest BCUT2D eigenvalue weighted by molar-refractivity contribution is 0.112. The van der Waals surface area contributed by atoms with Crippen molar-refractivity contribution in [2.24, 2.45) is 0 Å². The van der Waals surface area contributed by atoms with Crippen LogP contribution in [0.1, 0.15) is 15.9 Å². The molecule has 0 aliphatic carbocycles. The number of fused-ring (bicyclic) bond motifs is 1. The SMILES string of the molecule is O=Cc1cccc2c1CNCN2. The average Bonchev–Trinajstić information content (AvgIpc) is 2.17. The van der Waals surface area contributed by atoms with E-state index in [-0.39, 0.29) is 0 Å². The number of nitrogens with one attached hydrogen (secondary N) is 2. The summed E-state index contributed by atoms with van der Waals surface area (Å²) in [6.45, 7) is 1.55. The van der Waals surface area contributed by atoms with Gasteiger partial charge in [-0.15, -0.1) is 0 Å². The lowest BCUT2D eigenvalue weighted by atomic mass is 10.1. The summed E-state index contributed by atoms with van der Waals surface area (Å²) in [7, 11) is 0. The molecule has 1 aliphatic heterocycles. The minimum absolute atomic E-state index is 0.771. The first-order chi connectivity index (χ1) is 5.92. The molecule has 0 unspecified atom stereocenters. The van der Waals surface area contributed by atoms with Gasteiger partial charge in [0.1, 0.15) is 6.29 Å². The fourth-order valence-corrected chi connectivity index (χ4v) is 1.42. The van der Waals surface area contributed by atoms with Crippen LogP contribution in [0, 0.1) is 0 Å². The molecule has 3 nitrogen and oxygen atoms in total. The Morgan fingerprint density at radius 3 is 3.17 bits per heavy atom. The summed E-state index contributed by atoms with van der Waals surface area (Å²) in [5, 5.41) is 6.31. The van der Waals surface area contributed by atoms with Gasteiger partial charge in [-0.2, -0.15) is 0 Å². The molecule has 2 rings (SSSR count). The van der Waals surface area contributed by atoms with Crippen LogP contribution in [0.15, 0.2) is 18.2 Å². The predicted molar refractivity (Wildman–Crippen MR) is 47.2 cm³/mol. The molecule has 2 N–H and O–H groups in total. The molecule has 0 aromatic heterocycles. The van der Waals surface area contributed by atoms with E-state index in [0.717, 1.165) is 36.3 Å². The summed E-state index contributed by atoms with van der Waals surface area (Å²) in [6, 6.07) is 5.71. The number of rotatable bonds is 1. The van der Waals surface area contributed by atoms with E-state index in [2.05, 4.69) is 10.6 Å². The minimum atomic E-state index is 0.771. The minimum Gasteiger partial charge on any atom is -0.372 e. The Balaban J connectivity index is 2.51. The van der Waals surface area contributed by atoms with Gasteiger partial charge in [-0.05, 0) is 11.6 Å². The van der Waals surface area contributed by atoms with Crippen molar-refractivity contribution < 1.29 is 4.79 Å². The van der Waals surface area contributed by atoms with E-state index < -0.39 is 0 Å². The van der Waals surface area contributed by atoms with E-state index >= 15 is 0 Å². The number of aldehydes is 1. The fourth-order valence-electron chi connectivity index (χ4n) is 1.42. The quantitative estimate of drug-likeness (QED) is 0.604. The van der Waals surface area contributed by atoms with Crippen LogP contribution in [-0.4, -0.2) is 13.0 Å². The fraction of sp³-hybridized carbons (Fsp3) is 0.222. The Kier molecular flexibility index (Phi) is 1.80. The molecule has 1 aromatic rings. The Bertz CT molecular complexity index is 309. The van der Waals surface area contributed by atoms with Gasteiger partial charge in [-0.25, -0.2) is 0 Å². The molecular weight excluding hydrogens is 152 g/mol. The van der Waals surface area contributed by atoms with Crippen molar-refractivity contribution in [2.75, 3.05) is 12.0 Å². The molecule has 0 saturated carbocycles. The third-order valence-electron chi connectivity index (χ3n) is 2.04. The number of anilines is 1. The molecular formula is C9H10N2O. The first-order valence-corrected chi connectivity index (χ1v) is 3.93. The molecule has 0 spiro atoms. The highest BCUT2D eigenvalue weighted by Crippen LogP contribution is 2.20. The average molecular weight is 162 g/mol. The second-order valence-electron chi connectivity index (χ2n) is 2.77. The maximum Gasteiger partial charge on any atom is 0.150 e. The summed E-state index contributed by atoms with van der Waals surface area (Å²) < 4.78 is 0. The normalized spacial score (nSPS) is 14.7. The highest BCUT2D eigenvalue weighted by molar-refractivity contribution is 5.81. The van der Waals surface area contributed by atoms with Crippen LogP contribution in [0.25, 0.3) is 0 Å². The Hall–Kier alpha value is -1.35. The molecule has 0 atom stereocenters. The van der Waals surface area contributed by atoms with Crippen LogP contribution in [0.5, 0.6) is 0 Å². The van der Waals surface area contributed by atoms with Crippen molar-refractivity contribution in [1.82, 2.24) is 5.32 Å². The summed E-state index contributed by atoms with van der Waals surface area (Å²) >= 11 is 0. The van der Waals surface area contributed by atoms with Crippen molar-refractivity contribution in [3.05, 3.63) is 29.3 Å². The summed E-state index contributed by atoms with van der Waals surface area (Å²) in [6.07, 6.45) is 0.896. The van der Waals surface area contributed by atoms with Gasteiger partial charge >= 0.3 is 0 Å².